The van der Waals surface area contributed by atoms with Crippen LogP contribution in [0.4, 0.5) is 0 Å². The van der Waals surface area contributed by atoms with Gasteiger partial charge < -0.3 is 4.74 Å². The summed E-state index contributed by atoms with van der Waals surface area (Å²) in [4.78, 5) is 16.5. The number of thiazole rings is 1. The van der Waals surface area contributed by atoms with Crippen LogP contribution < -0.4 is 0 Å². The quantitative estimate of drug-likeness (QED) is 0.698. The Morgan fingerprint density at radius 1 is 1.30 bits per heavy atom. The van der Waals surface area contributed by atoms with Crippen LogP contribution in [0.3, 0.4) is 0 Å². The molecule has 1 aromatic carbocycles. The number of rotatable bonds is 6. The summed E-state index contributed by atoms with van der Waals surface area (Å²) in [6, 6.07) is 11.4. The van der Waals surface area contributed by atoms with Gasteiger partial charge in [-0.15, -0.1) is 11.3 Å². The van der Waals surface area contributed by atoms with Gasteiger partial charge in [0.15, 0.2) is 0 Å². The Labute approximate surface area is 138 Å². The van der Waals surface area contributed by atoms with E-state index in [2.05, 4.69) is 22.1 Å². The van der Waals surface area contributed by atoms with E-state index in [9.17, 15) is 4.79 Å². The van der Waals surface area contributed by atoms with E-state index >= 15 is 0 Å². The third kappa shape index (κ3) is 3.84. The normalized spacial score (nSPS) is 10.7. The zero-order valence-corrected chi connectivity index (χ0v) is 13.6. The minimum Gasteiger partial charge on any atom is -0.454 e. The fraction of sp³-hybridized carbons (Fsp3) is 0.235. The van der Waals surface area contributed by atoms with Crippen LogP contribution in [-0.2, 0) is 17.8 Å². The first-order valence-corrected chi connectivity index (χ1v) is 8.35. The number of aromatic nitrogens is 3. The Hall–Kier alpha value is -2.47. The van der Waals surface area contributed by atoms with Crippen LogP contribution in [0.5, 0.6) is 0 Å². The van der Waals surface area contributed by atoms with E-state index in [4.69, 9.17) is 4.74 Å². The van der Waals surface area contributed by atoms with Gasteiger partial charge in [-0.1, -0.05) is 37.3 Å². The number of ether oxygens (including phenoxy) is 1. The molecule has 0 aliphatic rings. The van der Waals surface area contributed by atoms with Gasteiger partial charge in [0.1, 0.15) is 12.3 Å². The third-order valence-electron chi connectivity index (χ3n) is 3.28. The van der Waals surface area contributed by atoms with Crippen molar-refractivity contribution < 1.29 is 9.53 Å². The summed E-state index contributed by atoms with van der Waals surface area (Å²) in [5.41, 5.74) is 2.80. The first-order valence-electron chi connectivity index (χ1n) is 7.47. The van der Waals surface area contributed by atoms with Gasteiger partial charge >= 0.3 is 5.97 Å². The summed E-state index contributed by atoms with van der Waals surface area (Å²) in [5.74, 6) is -0.426. The summed E-state index contributed by atoms with van der Waals surface area (Å²) in [6.45, 7) is 2.29. The minimum atomic E-state index is -0.426. The van der Waals surface area contributed by atoms with Crippen molar-refractivity contribution in [1.82, 2.24) is 15.2 Å². The standard InChI is InChI=1S/C17H17N3O2S/c1-2-6-16-18-13(11-23-16)10-22-17(21)15-9-14(19-20-15)12-7-4-3-5-8-12/h3-5,7-9,11H,2,6,10H2,1H3,(H,19,20). The van der Waals surface area contributed by atoms with Crippen molar-refractivity contribution in [1.29, 1.82) is 0 Å². The molecular weight excluding hydrogens is 310 g/mol. The maximum absolute atomic E-state index is 12.1. The first-order chi connectivity index (χ1) is 11.3. The van der Waals surface area contributed by atoms with Crippen molar-refractivity contribution in [3.63, 3.8) is 0 Å². The van der Waals surface area contributed by atoms with E-state index in [1.165, 1.54) is 0 Å². The zero-order chi connectivity index (χ0) is 16.1. The maximum atomic E-state index is 12.1. The van der Waals surface area contributed by atoms with E-state index in [-0.39, 0.29) is 6.61 Å². The number of benzene rings is 1. The van der Waals surface area contributed by atoms with Crippen LogP contribution in [0.1, 0.15) is 34.5 Å². The third-order valence-corrected chi connectivity index (χ3v) is 4.24. The Morgan fingerprint density at radius 2 is 2.13 bits per heavy atom. The van der Waals surface area contributed by atoms with Gasteiger partial charge in [0.2, 0.25) is 0 Å². The average Bonchev–Trinajstić information content (AvgIpc) is 3.23. The Balaban J connectivity index is 1.61. The number of carbonyl (C=O) groups excluding carboxylic acids is 1. The van der Waals surface area contributed by atoms with Gasteiger partial charge in [-0.2, -0.15) is 5.10 Å². The molecule has 0 saturated carbocycles. The van der Waals surface area contributed by atoms with Crippen LogP contribution >= 0.6 is 11.3 Å². The molecular formula is C17H17N3O2S. The number of nitrogens with one attached hydrogen (secondary N) is 1. The van der Waals surface area contributed by atoms with Crippen molar-refractivity contribution >= 4 is 17.3 Å². The van der Waals surface area contributed by atoms with Crippen LogP contribution in [0.15, 0.2) is 41.8 Å². The second kappa shape index (κ2) is 7.19. The van der Waals surface area contributed by atoms with Gasteiger partial charge in [0.25, 0.3) is 0 Å². The lowest BCUT2D eigenvalue weighted by molar-refractivity contribution is 0.0461. The van der Waals surface area contributed by atoms with Crippen molar-refractivity contribution in [3.8, 4) is 11.3 Å². The lowest BCUT2D eigenvalue weighted by Crippen LogP contribution is -2.06. The van der Waals surface area contributed by atoms with Crippen LogP contribution in [0.25, 0.3) is 11.3 Å². The molecule has 3 aromatic rings. The number of carbonyl (C=O) groups is 1. The minimum absolute atomic E-state index is 0.179. The SMILES string of the molecule is CCCc1nc(COC(=O)c2cc(-c3ccccc3)n[nH]2)cs1. The average molecular weight is 327 g/mol. The molecule has 118 valence electrons. The van der Waals surface area contributed by atoms with Crippen LogP contribution in [-0.4, -0.2) is 21.2 Å². The van der Waals surface area contributed by atoms with Gasteiger partial charge in [-0.25, -0.2) is 9.78 Å². The molecule has 1 N–H and O–H groups in total. The molecule has 2 heterocycles. The Morgan fingerprint density at radius 3 is 2.91 bits per heavy atom. The van der Waals surface area contributed by atoms with E-state index in [0.717, 1.165) is 34.8 Å². The van der Waals surface area contributed by atoms with Gasteiger partial charge in [-0.05, 0) is 18.9 Å². The predicted octanol–water partition coefficient (Wildman–Crippen LogP) is 3.84. The van der Waals surface area contributed by atoms with Gasteiger partial charge in [0.05, 0.1) is 16.4 Å². The summed E-state index contributed by atoms with van der Waals surface area (Å²) in [6.07, 6.45) is 2.02. The molecule has 2 aromatic heterocycles. The van der Waals surface area contributed by atoms with Crippen molar-refractivity contribution in [2.75, 3.05) is 0 Å². The van der Waals surface area contributed by atoms with E-state index in [1.807, 2.05) is 35.7 Å². The molecule has 0 aliphatic heterocycles. The molecule has 0 unspecified atom stereocenters. The number of H-pyrrole nitrogens is 1. The Bertz CT molecular complexity index is 780. The highest BCUT2D eigenvalue weighted by Crippen LogP contribution is 2.18. The highest BCUT2D eigenvalue weighted by atomic mass is 32.1. The lowest BCUT2D eigenvalue weighted by Gasteiger charge is -2.00. The number of aromatic amines is 1. The van der Waals surface area contributed by atoms with E-state index in [0.29, 0.717) is 5.69 Å². The fourth-order valence-corrected chi connectivity index (χ4v) is 3.03. The monoisotopic (exact) mass is 327 g/mol. The second-order valence-corrected chi connectivity index (χ2v) is 6.03. The number of esters is 1. The first kappa shape index (κ1) is 15.4. The molecule has 23 heavy (non-hydrogen) atoms. The molecule has 0 atom stereocenters. The molecule has 6 heteroatoms. The predicted molar refractivity (Wildman–Crippen MR) is 89.3 cm³/mol. The molecule has 0 bridgehead atoms. The van der Waals surface area contributed by atoms with Gasteiger partial charge in [-0.3, -0.25) is 5.10 Å². The number of hydrogen-bond donors (Lipinski definition) is 1. The number of aryl methyl sites for hydroxylation is 1. The van der Waals surface area contributed by atoms with Crippen LogP contribution in [0.2, 0.25) is 0 Å². The van der Waals surface area contributed by atoms with Crippen molar-refractivity contribution in [2.45, 2.75) is 26.4 Å². The largest absolute Gasteiger partial charge is 0.454 e. The molecule has 0 saturated heterocycles. The van der Waals surface area contributed by atoms with Crippen LogP contribution in [0, 0.1) is 0 Å². The highest BCUT2D eigenvalue weighted by Gasteiger charge is 2.13. The molecule has 0 spiro atoms. The lowest BCUT2D eigenvalue weighted by atomic mass is 10.1. The zero-order valence-electron chi connectivity index (χ0n) is 12.8. The number of hydrogen-bond acceptors (Lipinski definition) is 5. The molecule has 5 nitrogen and oxygen atoms in total. The highest BCUT2D eigenvalue weighted by molar-refractivity contribution is 7.09. The molecule has 0 amide bonds. The second-order valence-electron chi connectivity index (χ2n) is 5.09. The summed E-state index contributed by atoms with van der Waals surface area (Å²) in [5, 5.41) is 9.88. The van der Waals surface area contributed by atoms with Crippen molar-refractivity contribution in [2.24, 2.45) is 0 Å². The Kier molecular flexibility index (Phi) is 4.83. The van der Waals surface area contributed by atoms with Gasteiger partial charge in [0, 0.05) is 10.9 Å². The molecule has 3 rings (SSSR count). The molecule has 0 radical (unpaired) electrons. The topological polar surface area (TPSA) is 67.9 Å². The van der Waals surface area contributed by atoms with Crippen molar-refractivity contribution in [3.05, 3.63) is 58.2 Å². The fourth-order valence-electron chi connectivity index (χ4n) is 2.14. The summed E-state index contributed by atoms with van der Waals surface area (Å²) < 4.78 is 5.29. The summed E-state index contributed by atoms with van der Waals surface area (Å²) in [7, 11) is 0. The smallest absolute Gasteiger partial charge is 0.356 e. The molecule has 0 fully saturated rings. The van der Waals surface area contributed by atoms with E-state index in [1.54, 1.807) is 17.4 Å². The molecule has 0 aliphatic carbocycles. The van der Waals surface area contributed by atoms with E-state index < -0.39 is 5.97 Å². The summed E-state index contributed by atoms with van der Waals surface area (Å²) >= 11 is 1.60. The number of nitrogens with zero attached hydrogens (tertiary/aromatic N) is 2. The maximum Gasteiger partial charge on any atom is 0.356 e.